The Morgan fingerprint density at radius 2 is 1.75 bits per heavy atom. The summed E-state index contributed by atoms with van der Waals surface area (Å²) in [6, 6.07) is 15.9. The maximum atomic E-state index is 11.7. The number of ether oxygens (including phenoxy) is 1. The van der Waals surface area contributed by atoms with Gasteiger partial charge in [-0.15, -0.1) is 24.0 Å². The van der Waals surface area contributed by atoms with Gasteiger partial charge in [-0.05, 0) is 35.2 Å². The average Bonchev–Trinajstić information content (AvgIpc) is 2.70. The number of carbonyl (C=O) groups is 1. The molecule has 0 radical (unpaired) electrons. The molecule has 3 N–H and O–H groups in total. The lowest BCUT2D eigenvalue weighted by molar-refractivity contribution is 0.0963. The molecule has 0 bridgehead atoms. The molecular formula is C21H29IN4O2. The van der Waals surface area contributed by atoms with Gasteiger partial charge in [0, 0.05) is 39.9 Å². The van der Waals surface area contributed by atoms with E-state index in [0.29, 0.717) is 18.7 Å². The smallest absolute Gasteiger partial charge is 0.251 e. The van der Waals surface area contributed by atoms with Crippen LogP contribution in [0.3, 0.4) is 0 Å². The van der Waals surface area contributed by atoms with Crippen molar-refractivity contribution in [3.63, 3.8) is 0 Å². The molecule has 0 fully saturated rings. The molecule has 0 saturated heterocycles. The first kappa shape index (κ1) is 23.9. The van der Waals surface area contributed by atoms with E-state index in [4.69, 9.17) is 4.74 Å². The van der Waals surface area contributed by atoms with Crippen LogP contribution in [0.15, 0.2) is 53.5 Å². The Hall–Kier alpha value is -2.13. The summed E-state index contributed by atoms with van der Waals surface area (Å²) in [6.07, 6.45) is 0.800. The Kier molecular flexibility index (Phi) is 11.2. The van der Waals surface area contributed by atoms with Crippen LogP contribution in [0, 0.1) is 0 Å². The van der Waals surface area contributed by atoms with Crippen molar-refractivity contribution >= 4 is 35.8 Å². The molecule has 1 amide bonds. The minimum Gasteiger partial charge on any atom is -0.380 e. The van der Waals surface area contributed by atoms with Crippen LogP contribution in [0.5, 0.6) is 0 Å². The zero-order valence-corrected chi connectivity index (χ0v) is 18.9. The zero-order chi connectivity index (χ0) is 19.5. The van der Waals surface area contributed by atoms with Crippen molar-refractivity contribution in [1.82, 2.24) is 16.0 Å². The Morgan fingerprint density at radius 3 is 2.46 bits per heavy atom. The highest BCUT2D eigenvalue weighted by Gasteiger charge is 2.04. The fraction of sp³-hybridized carbons (Fsp3) is 0.333. The number of nitrogens with one attached hydrogen (secondary N) is 3. The van der Waals surface area contributed by atoms with Crippen molar-refractivity contribution in [2.24, 2.45) is 4.99 Å². The number of hydrogen-bond donors (Lipinski definition) is 3. The summed E-state index contributed by atoms with van der Waals surface area (Å²) >= 11 is 0. The average molecular weight is 496 g/mol. The number of nitrogens with zero attached hydrogens (tertiary/aromatic N) is 1. The maximum Gasteiger partial charge on any atom is 0.251 e. The predicted molar refractivity (Wildman–Crippen MR) is 124 cm³/mol. The second-order valence-electron chi connectivity index (χ2n) is 6.14. The number of methoxy groups -OCH3 is 1. The van der Waals surface area contributed by atoms with Crippen molar-refractivity contribution in [2.75, 3.05) is 27.7 Å². The summed E-state index contributed by atoms with van der Waals surface area (Å²) in [4.78, 5) is 16.0. The quantitative estimate of drug-likeness (QED) is 0.299. The number of carbonyl (C=O) groups excluding carboxylic acids is 1. The number of amides is 1. The monoisotopic (exact) mass is 496 g/mol. The topological polar surface area (TPSA) is 74.8 Å². The molecule has 28 heavy (non-hydrogen) atoms. The molecule has 0 aliphatic heterocycles. The SMILES string of the molecule is CN=C(NCCc1cccc(C(=O)NC)c1)NCc1cccc(COC)c1.I. The molecule has 2 rings (SSSR count). The molecule has 0 heterocycles. The second kappa shape index (κ2) is 13.1. The molecule has 2 aromatic carbocycles. The van der Waals surface area contributed by atoms with Crippen LogP contribution in [0.4, 0.5) is 0 Å². The van der Waals surface area contributed by atoms with Crippen LogP contribution in [0.2, 0.25) is 0 Å². The van der Waals surface area contributed by atoms with Gasteiger partial charge in [0.25, 0.3) is 5.91 Å². The molecule has 0 aromatic heterocycles. The summed E-state index contributed by atoms with van der Waals surface area (Å²) in [5.41, 5.74) is 4.10. The summed E-state index contributed by atoms with van der Waals surface area (Å²) in [5, 5.41) is 9.26. The van der Waals surface area contributed by atoms with Crippen LogP contribution in [0.25, 0.3) is 0 Å². The van der Waals surface area contributed by atoms with E-state index in [9.17, 15) is 4.79 Å². The molecule has 152 valence electrons. The van der Waals surface area contributed by atoms with Gasteiger partial charge in [-0.3, -0.25) is 9.79 Å². The Balaban J connectivity index is 0.00000392. The first-order chi connectivity index (χ1) is 13.2. The highest BCUT2D eigenvalue weighted by Crippen LogP contribution is 2.07. The van der Waals surface area contributed by atoms with E-state index in [2.05, 4.69) is 33.1 Å². The highest BCUT2D eigenvalue weighted by molar-refractivity contribution is 14.0. The van der Waals surface area contributed by atoms with Crippen molar-refractivity contribution in [2.45, 2.75) is 19.6 Å². The van der Waals surface area contributed by atoms with Gasteiger partial charge in [0.1, 0.15) is 0 Å². The van der Waals surface area contributed by atoms with Crippen molar-refractivity contribution in [3.8, 4) is 0 Å². The van der Waals surface area contributed by atoms with E-state index in [1.807, 2.05) is 36.4 Å². The molecule has 0 atom stereocenters. The fourth-order valence-electron chi connectivity index (χ4n) is 2.74. The van der Waals surface area contributed by atoms with Gasteiger partial charge in [-0.25, -0.2) is 0 Å². The van der Waals surface area contributed by atoms with Crippen LogP contribution in [-0.2, 0) is 24.3 Å². The number of halogens is 1. The number of aliphatic imine (C=N–C) groups is 1. The second-order valence-corrected chi connectivity index (χ2v) is 6.14. The van der Waals surface area contributed by atoms with Gasteiger partial charge in [-0.2, -0.15) is 0 Å². The summed E-state index contributed by atoms with van der Waals surface area (Å²) in [5.74, 6) is 0.674. The number of benzene rings is 2. The van der Waals surface area contributed by atoms with E-state index >= 15 is 0 Å². The Labute approximate surface area is 184 Å². The van der Waals surface area contributed by atoms with Crippen LogP contribution in [-0.4, -0.2) is 39.6 Å². The number of guanidine groups is 1. The van der Waals surface area contributed by atoms with E-state index in [1.54, 1.807) is 21.2 Å². The van der Waals surface area contributed by atoms with Gasteiger partial charge < -0.3 is 20.7 Å². The van der Waals surface area contributed by atoms with Crippen molar-refractivity contribution in [3.05, 3.63) is 70.8 Å². The molecule has 6 nitrogen and oxygen atoms in total. The minimum atomic E-state index is -0.0713. The third-order valence-corrected chi connectivity index (χ3v) is 4.11. The molecule has 0 aliphatic carbocycles. The van der Waals surface area contributed by atoms with Gasteiger partial charge in [-0.1, -0.05) is 36.4 Å². The number of hydrogen-bond acceptors (Lipinski definition) is 3. The van der Waals surface area contributed by atoms with Crippen LogP contribution >= 0.6 is 24.0 Å². The molecule has 0 saturated carbocycles. The van der Waals surface area contributed by atoms with E-state index in [0.717, 1.165) is 30.1 Å². The van der Waals surface area contributed by atoms with E-state index in [-0.39, 0.29) is 29.9 Å². The molecule has 0 unspecified atom stereocenters. The van der Waals surface area contributed by atoms with Gasteiger partial charge >= 0.3 is 0 Å². The molecule has 0 aliphatic rings. The first-order valence-corrected chi connectivity index (χ1v) is 8.98. The summed E-state index contributed by atoms with van der Waals surface area (Å²) in [7, 11) is 5.08. The molecular weight excluding hydrogens is 467 g/mol. The molecule has 2 aromatic rings. The van der Waals surface area contributed by atoms with Crippen molar-refractivity contribution in [1.29, 1.82) is 0 Å². The third kappa shape index (κ3) is 7.85. The van der Waals surface area contributed by atoms with Gasteiger partial charge in [0.15, 0.2) is 5.96 Å². The largest absolute Gasteiger partial charge is 0.380 e. The van der Waals surface area contributed by atoms with E-state index in [1.165, 1.54) is 5.56 Å². The fourth-order valence-corrected chi connectivity index (χ4v) is 2.74. The minimum absolute atomic E-state index is 0. The predicted octanol–water partition coefficient (Wildman–Crippen LogP) is 2.72. The molecule has 0 spiro atoms. The Bertz CT molecular complexity index is 781. The lowest BCUT2D eigenvalue weighted by Gasteiger charge is -2.13. The third-order valence-electron chi connectivity index (χ3n) is 4.11. The number of rotatable bonds is 8. The van der Waals surface area contributed by atoms with Gasteiger partial charge in [0.05, 0.1) is 6.61 Å². The first-order valence-electron chi connectivity index (χ1n) is 8.98. The maximum absolute atomic E-state index is 11.7. The van der Waals surface area contributed by atoms with Crippen molar-refractivity contribution < 1.29 is 9.53 Å². The lowest BCUT2D eigenvalue weighted by atomic mass is 10.1. The molecule has 7 heteroatoms. The highest BCUT2D eigenvalue weighted by atomic mass is 127. The standard InChI is InChI=1S/C21H28N4O2.HI/c1-22-20(26)19-9-5-6-16(13-19)10-11-24-21(23-2)25-14-17-7-4-8-18(12-17)15-27-3;/h4-9,12-13H,10-11,14-15H2,1-3H3,(H,22,26)(H2,23,24,25);1H. The summed E-state index contributed by atoms with van der Waals surface area (Å²) in [6.45, 7) is 2.01. The lowest BCUT2D eigenvalue weighted by Crippen LogP contribution is -2.37. The Morgan fingerprint density at radius 1 is 1.04 bits per heavy atom. The van der Waals surface area contributed by atoms with Crippen LogP contribution in [0.1, 0.15) is 27.0 Å². The normalized spacial score (nSPS) is 10.8. The summed E-state index contributed by atoms with van der Waals surface area (Å²) < 4.78 is 5.17. The van der Waals surface area contributed by atoms with Crippen LogP contribution < -0.4 is 16.0 Å². The zero-order valence-electron chi connectivity index (χ0n) is 16.6. The van der Waals surface area contributed by atoms with Gasteiger partial charge in [0.2, 0.25) is 0 Å². The van der Waals surface area contributed by atoms with E-state index < -0.39 is 0 Å².